The van der Waals surface area contributed by atoms with Crippen LogP contribution in [0.5, 0.6) is 0 Å². The number of aldehydes is 1. The molecule has 0 fully saturated rings. The molecular formula is C15H14F2O. The quantitative estimate of drug-likeness (QED) is 0.546. The van der Waals surface area contributed by atoms with Crippen molar-refractivity contribution in [2.75, 3.05) is 0 Å². The second kappa shape index (κ2) is 6.05. The maximum atomic E-state index is 13.4. The zero-order valence-corrected chi connectivity index (χ0v) is 9.90. The van der Waals surface area contributed by atoms with Gasteiger partial charge in [0.1, 0.15) is 6.29 Å². The van der Waals surface area contributed by atoms with Gasteiger partial charge in [0.05, 0.1) is 6.42 Å². The van der Waals surface area contributed by atoms with Gasteiger partial charge in [-0.05, 0) is 11.1 Å². The highest BCUT2D eigenvalue weighted by Gasteiger charge is 2.30. The molecule has 0 aliphatic heterocycles. The molecule has 0 unspecified atom stereocenters. The van der Waals surface area contributed by atoms with Crippen molar-refractivity contribution in [1.82, 2.24) is 0 Å². The normalized spacial score (nSPS) is 12.0. The van der Waals surface area contributed by atoms with E-state index in [2.05, 4.69) is 13.2 Å². The number of carbonyl (C=O) groups is 1. The number of hydrogen-bond donors (Lipinski definition) is 0. The first-order chi connectivity index (χ1) is 8.55. The van der Waals surface area contributed by atoms with Crippen LogP contribution in [-0.2, 0) is 10.7 Å². The lowest BCUT2D eigenvalue weighted by molar-refractivity contribution is -0.115. The van der Waals surface area contributed by atoms with Crippen LogP contribution in [0.2, 0.25) is 0 Å². The van der Waals surface area contributed by atoms with E-state index in [1.807, 2.05) is 0 Å². The minimum Gasteiger partial charge on any atom is -0.303 e. The van der Waals surface area contributed by atoms with Crippen molar-refractivity contribution in [3.63, 3.8) is 0 Å². The van der Waals surface area contributed by atoms with E-state index in [9.17, 15) is 13.6 Å². The third-order valence-electron chi connectivity index (χ3n) is 2.50. The number of carbonyl (C=O) groups excluding carboxylic acids is 1. The summed E-state index contributed by atoms with van der Waals surface area (Å²) in [7, 11) is 0. The number of allylic oxidation sites excluding steroid dienone is 4. The van der Waals surface area contributed by atoms with E-state index in [0.717, 1.165) is 11.1 Å². The second-order valence-electron chi connectivity index (χ2n) is 3.71. The Hall–Kier alpha value is -2.03. The Labute approximate surface area is 105 Å². The first kappa shape index (κ1) is 14.0. The molecule has 94 valence electrons. The zero-order chi connectivity index (χ0) is 13.6. The summed E-state index contributed by atoms with van der Waals surface area (Å²) >= 11 is 0. The highest BCUT2D eigenvalue weighted by Crippen LogP contribution is 2.31. The molecule has 0 saturated heterocycles. The highest BCUT2D eigenvalue weighted by atomic mass is 19.3. The molecule has 3 heteroatoms. The van der Waals surface area contributed by atoms with Crippen molar-refractivity contribution < 1.29 is 13.6 Å². The lowest BCUT2D eigenvalue weighted by Gasteiger charge is -2.14. The molecule has 0 aliphatic rings. The molecule has 0 atom stereocenters. The summed E-state index contributed by atoms with van der Waals surface area (Å²) in [4.78, 5) is 10.2. The maximum Gasteiger partial charge on any atom is 0.279 e. The van der Waals surface area contributed by atoms with E-state index < -0.39 is 12.3 Å². The Balaban J connectivity index is 3.06. The maximum absolute atomic E-state index is 13.4. The van der Waals surface area contributed by atoms with Gasteiger partial charge in [-0.3, -0.25) is 0 Å². The van der Waals surface area contributed by atoms with Gasteiger partial charge in [0.25, 0.3) is 5.92 Å². The molecule has 0 spiro atoms. The predicted molar refractivity (Wildman–Crippen MR) is 69.4 cm³/mol. The molecule has 1 rings (SSSR count). The van der Waals surface area contributed by atoms with Gasteiger partial charge in [-0.25, -0.2) is 8.78 Å². The monoisotopic (exact) mass is 248 g/mol. The van der Waals surface area contributed by atoms with E-state index in [1.165, 1.54) is 12.1 Å². The van der Waals surface area contributed by atoms with Crippen molar-refractivity contribution in [3.8, 4) is 0 Å². The van der Waals surface area contributed by atoms with Crippen LogP contribution in [0.15, 0.2) is 55.7 Å². The number of hydrogen-bond acceptors (Lipinski definition) is 1. The van der Waals surface area contributed by atoms with Gasteiger partial charge in [-0.1, -0.05) is 55.7 Å². The standard InChI is InChI=1S/C15H14F2O/c1-3-5-12(4-2)13-6-8-14(9-7-13)15(16,17)10-11-18/h3-9,11H,1-2,10H2/b12-5+. The SMILES string of the molecule is C=C/C=C(\C=C)c1ccc(C(F)(F)CC=O)cc1. The van der Waals surface area contributed by atoms with Gasteiger partial charge in [0, 0.05) is 5.56 Å². The van der Waals surface area contributed by atoms with Crippen molar-refractivity contribution in [2.24, 2.45) is 0 Å². The van der Waals surface area contributed by atoms with E-state index in [0.29, 0.717) is 0 Å². The van der Waals surface area contributed by atoms with Gasteiger partial charge < -0.3 is 4.79 Å². The highest BCUT2D eigenvalue weighted by molar-refractivity contribution is 5.74. The van der Waals surface area contributed by atoms with E-state index in [1.54, 1.807) is 30.4 Å². The van der Waals surface area contributed by atoms with E-state index in [4.69, 9.17) is 0 Å². The third kappa shape index (κ3) is 3.23. The Bertz CT molecular complexity index is 470. The van der Waals surface area contributed by atoms with Crippen LogP contribution in [-0.4, -0.2) is 6.29 Å². The van der Waals surface area contributed by atoms with Crippen molar-refractivity contribution >= 4 is 11.9 Å². The van der Waals surface area contributed by atoms with Gasteiger partial charge in [0.15, 0.2) is 0 Å². The number of rotatable bonds is 6. The first-order valence-corrected chi connectivity index (χ1v) is 5.42. The molecule has 0 aliphatic carbocycles. The fraction of sp³-hybridized carbons (Fsp3) is 0.133. The first-order valence-electron chi connectivity index (χ1n) is 5.42. The van der Waals surface area contributed by atoms with Crippen LogP contribution in [0.25, 0.3) is 5.57 Å². The molecular weight excluding hydrogens is 234 g/mol. The average Bonchev–Trinajstić information content (AvgIpc) is 2.36. The summed E-state index contributed by atoms with van der Waals surface area (Å²) in [5.41, 5.74) is 1.41. The fourth-order valence-corrected chi connectivity index (χ4v) is 1.54. The Morgan fingerprint density at radius 3 is 2.28 bits per heavy atom. The van der Waals surface area contributed by atoms with Crippen LogP contribution in [0.4, 0.5) is 8.78 Å². The fourth-order valence-electron chi connectivity index (χ4n) is 1.54. The van der Waals surface area contributed by atoms with Crippen LogP contribution < -0.4 is 0 Å². The average molecular weight is 248 g/mol. The van der Waals surface area contributed by atoms with Crippen LogP contribution >= 0.6 is 0 Å². The van der Waals surface area contributed by atoms with Gasteiger partial charge in [0.2, 0.25) is 0 Å². The number of alkyl halides is 2. The van der Waals surface area contributed by atoms with Gasteiger partial charge >= 0.3 is 0 Å². The summed E-state index contributed by atoms with van der Waals surface area (Å²) < 4.78 is 26.9. The third-order valence-corrected chi connectivity index (χ3v) is 2.50. The molecule has 0 radical (unpaired) electrons. The minimum absolute atomic E-state index is 0.166. The number of benzene rings is 1. The Kier molecular flexibility index (Phi) is 4.72. The lowest BCUT2D eigenvalue weighted by Crippen LogP contribution is -2.13. The molecule has 0 aromatic heterocycles. The van der Waals surface area contributed by atoms with E-state index in [-0.39, 0.29) is 11.8 Å². The van der Waals surface area contributed by atoms with Crippen LogP contribution in [0, 0.1) is 0 Å². The summed E-state index contributed by atoms with van der Waals surface area (Å²) in [6, 6.07) is 5.79. The summed E-state index contributed by atoms with van der Waals surface area (Å²) in [5.74, 6) is -3.11. The molecule has 1 aromatic rings. The van der Waals surface area contributed by atoms with Crippen LogP contribution in [0.3, 0.4) is 0 Å². The molecule has 0 N–H and O–H groups in total. The molecule has 1 nitrogen and oxygen atoms in total. The predicted octanol–water partition coefficient (Wildman–Crippen LogP) is 4.12. The molecule has 0 heterocycles. The summed E-state index contributed by atoms with van der Waals surface area (Å²) in [6.07, 6.45) is 4.39. The van der Waals surface area contributed by atoms with Crippen molar-refractivity contribution in [2.45, 2.75) is 12.3 Å². The molecule has 0 amide bonds. The molecule has 18 heavy (non-hydrogen) atoms. The zero-order valence-electron chi connectivity index (χ0n) is 9.90. The minimum atomic E-state index is -3.11. The number of halogens is 2. The Morgan fingerprint density at radius 1 is 1.22 bits per heavy atom. The summed E-state index contributed by atoms with van der Waals surface area (Å²) in [5, 5.41) is 0. The second-order valence-corrected chi connectivity index (χ2v) is 3.71. The van der Waals surface area contributed by atoms with Gasteiger partial charge in [-0.15, -0.1) is 0 Å². The largest absolute Gasteiger partial charge is 0.303 e. The smallest absolute Gasteiger partial charge is 0.279 e. The lowest BCUT2D eigenvalue weighted by atomic mass is 10.00. The van der Waals surface area contributed by atoms with Crippen molar-refractivity contribution in [1.29, 1.82) is 0 Å². The van der Waals surface area contributed by atoms with E-state index >= 15 is 0 Å². The molecule has 0 bridgehead atoms. The Morgan fingerprint density at radius 2 is 1.83 bits per heavy atom. The van der Waals surface area contributed by atoms with Crippen molar-refractivity contribution in [3.05, 3.63) is 66.8 Å². The van der Waals surface area contributed by atoms with Gasteiger partial charge in [-0.2, -0.15) is 0 Å². The summed E-state index contributed by atoms with van der Waals surface area (Å²) in [6.45, 7) is 7.22. The molecule has 0 saturated carbocycles. The van der Waals surface area contributed by atoms with Crippen LogP contribution in [0.1, 0.15) is 17.5 Å². The molecule has 1 aromatic carbocycles. The topological polar surface area (TPSA) is 17.1 Å².